The maximum absolute atomic E-state index is 11.9. The monoisotopic (exact) mass is 279 g/mol. The predicted molar refractivity (Wildman–Crippen MR) is 69.6 cm³/mol. The fourth-order valence-electron chi connectivity index (χ4n) is 1.58. The van der Waals surface area contributed by atoms with E-state index in [4.69, 9.17) is 16.7 Å². The van der Waals surface area contributed by atoms with Gasteiger partial charge in [0.25, 0.3) is 5.91 Å². The standard InChI is InChI=1S/C12H10ClN3O3/c1-16-10(2-3-14-16)11(17)15-9-5-7(12(18)19)4-8(13)6-9/h2-6H,1H3,(H,15,17)(H,18,19). The summed E-state index contributed by atoms with van der Waals surface area (Å²) in [6, 6.07) is 5.67. The summed E-state index contributed by atoms with van der Waals surface area (Å²) in [5.74, 6) is -1.50. The molecule has 1 aromatic heterocycles. The van der Waals surface area contributed by atoms with Crippen LogP contribution in [0.2, 0.25) is 5.02 Å². The lowest BCUT2D eigenvalue weighted by atomic mass is 10.2. The smallest absolute Gasteiger partial charge is 0.335 e. The number of aromatic carboxylic acids is 1. The van der Waals surface area contributed by atoms with Gasteiger partial charge in [-0.25, -0.2) is 4.79 Å². The summed E-state index contributed by atoms with van der Waals surface area (Å²) in [5, 5.41) is 15.6. The van der Waals surface area contributed by atoms with Crippen LogP contribution in [-0.4, -0.2) is 26.8 Å². The summed E-state index contributed by atoms with van der Waals surface area (Å²) in [7, 11) is 1.63. The summed E-state index contributed by atoms with van der Waals surface area (Å²) in [6.07, 6.45) is 1.50. The SMILES string of the molecule is Cn1nccc1C(=O)Nc1cc(Cl)cc(C(=O)O)c1. The fourth-order valence-corrected chi connectivity index (χ4v) is 1.81. The number of anilines is 1. The molecule has 0 aliphatic carbocycles. The number of aromatic nitrogens is 2. The third kappa shape index (κ3) is 2.92. The molecule has 6 nitrogen and oxygen atoms in total. The van der Waals surface area contributed by atoms with E-state index in [9.17, 15) is 9.59 Å². The van der Waals surface area contributed by atoms with Crippen molar-refractivity contribution in [2.75, 3.05) is 5.32 Å². The molecule has 2 aromatic rings. The molecule has 7 heteroatoms. The molecule has 98 valence electrons. The number of carbonyl (C=O) groups is 2. The highest BCUT2D eigenvalue weighted by atomic mass is 35.5. The van der Waals surface area contributed by atoms with Crippen molar-refractivity contribution >= 4 is 29.2 Å². The lowest BCUT2D eigenvalue weighted by Gasteiger charge is -2.07. The Morgan fingerprint density at radius 2 is 2.11 bits per heavy atom. The lowest BCUT2D eigenvalue weighted by molar-refractivity contribution is 0.0696. The molecule has 1 heterocycles. The molecule has 0 fully saturated rings. The first kappa shape index (κ1) is 13.1. The van der Waals surface area contributed by atoms with Gasteiger partial charge in [0.2, 0.25) is 0 Å². The molecule has 2 rings (SSSR count). The van der Waals surface area contributed by atoms with E-state index >= 15 is 0 Å². The number of halogens is 1. The van der Waals surface area contributed by atoms with Gasteiger partial charge < -0.3 is 10.4 Å². The van der Waals surface area contributed by atoms with Crippen LogP contribution in [0.5, 0.6) is 0 Å². The normalized spacial score (nSPS) is 10.2. The Balaban J connectivity index is 2.26. The van der Waals surface area contributed by atoms with E-state index in [1.54, 1.807) is 13.1 Å². The second kappa shape index (κ2) is 5.11. The van der Waals surface area contributed by atoms with Crippen molar-refractivity contribution in [2.45, 2.75) is 0 Å². The summed E-state index contributed by atoms with van der Waals surface area (Å²) in [6.45, 7) is 0. The molecular weight excluding hydrogens is 270 g/mol. The minimum atomic E-state index is -1.11. The van der Waals surface area contributed by atoms with Gasteiger partial charge in [0.05, 0.1) is 5.56 Å². The lowest BCUT2D eigenvalue weighted by Crippen LogP contribution is -2.16. The zero-order valence-electron chi connectivity index (χ0n) is 9.92. The number of rotatable bonds is 3. The van der Waals surface area contributed by atoms with Gasteiger partial charge in [-0.15, -0.1) is 0 Å². The molecule has 0 radical (unpaired) electrons. The highest BCUT2D eigenvalue weighted by Gasteiger charge is 2.12. The van der Waals surface area contributed by atoms with E-state index in [2.05, 4.69) is 10.4 Å². The number of benzene rings is 1. The van der Waals surface area contributed by atoms with Crippen LogP contribution in [0.25, 0.3) is 0 Å². The molecule has 0 aliphatic heterocycles. The van der Waals surface area contributed by atoms with Gasteiger partial charge in [0.1, 0.15) is 5.69 Å². The van der Waals surface area contributed by atoms with Crippen molar-refractivity contribution < 1.29 is 14.7 Å². The maximum atomic E-state index is 11.9. The van der Waals surface area contributed by atoms with Gasteiger partial charge >= 0.3 is 5.97 Å². The Labute approximate surface area is 113 Å². The molecule has 1 amide bonds. The van der Waals surface area contributed by atoms with Gasteiger partial charge in [-0.3, -0.25) is 9.48 Å². The molecular formula is C12H10ClN3O3. The summed E-state index contributed by atoms with van der Waals surface area (Å²) in [4.78, 5) is 22.8. The molecule has 2 N–H and O–H groups in total. The Bertz CT molecular complexity index is 651. The van der Waals surface area contributed by atoms with Crippen molar-refractivity contribution in [2.24, 2.45) is 7.05 Å². The van der Waals surface area contributed by atoms with Gasteiger partial charge in [0.15, 0.2) is 0 Å². The molecule has 1 aromatic carbocycles. The van der Waals surface area contributed by atoms with Gasteiger partial charge in [-0.2, -0.15) is 5.10 Å². The highest BCUT2D eigenvalue weighted by molar-refractivity contribution is 6.31. The third-order valence-corrected chi connectivity index (χ3v) is 2.67. The first-order valence-corrected chi connectivity index (χ1v) is 5.68. The van der Waals surface area contributed by atoms with E-state index in [1.165, 1.54) is 29.1 Å². The van der Waals surface area contributed by atoms with E-state index in [0.29, 0.717) is 11.4 Å². The second-order valence-electron chi connectivity index (χ2n) is 3.83. The van der Waals surface area contributed by atoms with Crippen molar-refractivity contribution in [1.82, 2.24) is 9.78 Å². The van der Waals surface area contributed by atoms with Crippen molar-refractivity contribution in [3.8, 4) is 0 Å². The zero-order chi connectivity index (χ0) is 14.0. The van der Waals surface area contributed by atoms with Crippen LogP contribution >= 0.6 is 11.6 Å². The minimum Gasteiger partial charge on any atom is -0.478 e. The number of nitrogens with zero attached hydrogens (tertiary/aromatic N) is 2. The Kier molecular flexibility index (Phi) is 3.52. The minimum absolute atomic E-state index is 0.00723. The Morgan fingerprint density at radius 3 is 2.68 bits per heavy atom. The van der Waals surface area contributed by atoms with Crippen LogP contribution in [0.15, 0.2) is 30.5 Å². The summed E-state index contributed by atoms with van der Waals surface area (Å²) < 4.78 is 1.41. The average Bonchev–Trinajstić information content (AvgIpc) is 2.74. The highest BCUT2D eigenvalue weighted by Crippen LogP contribution is 2.19. The largest absolute Gasteiger partial charge is 0.478 e. The molecule has 0 aliphatic rings. The van der Waals surface area contributed by atoms with Crippen LogP contribution in [0.4, 0.5) is 5.69 Å². The third-order valence-electron chi connectivity index (χ3n) is 2.46. The quantitative estimate of drug-likeness (QED) is 0.900. The molecule has 0 atom stereocenters. The molecule has 0 saturated heterocycles. The Morgan fingerprint density at radius 1 is 1.37 bits per heavy atom. The van der Waals surface area contributed by atoms with Gasteiger partial charge in [-0.1, -0.05) is 11.6 Å². The number of hydrogen-bond acceptors (Lipinski definition) is 3. The number of carboxylic acids is 1. The van der Waals surface area contributed by atoms with Crippen molar-refractivity contribution in [3.63, 3.8) is 0 Å². The van der Waals surface area contributed by atoms with Crippen LogP contribution in [0.3, 0.4) is 0 Å². The average molecular weight is 280 g/mol. The molecule has 0 bridgehead atoms. The Hall–Kier alpha value is -2.34. The van der Waals surface area contributed by atoms with Crippen LogP contribution in [0, 0.1) is 0 Å². The van der Waals surface area contributed by atoms with E-state index < -0.39 is 11.9 Å². The van der Waals surface area contributed by atoms with Crippen LogP contribution in [0.1, 0.15) is 20.8 Å². The van der Waals surface area contributed by atoms with Crippen molar-refractivity contribution in [1.29, 1.82) is 0 Å². The van der Waals surface area contributed by atoms with E-state index in [1.807, 2.05) is 0 Å². The van der Waals surface area contributed by atoms with E-state index in [-0.39, 0.29) is 10.6 Å². The number of aryl methyl sites for hydroxylation is 1. The van der Waals surface area contributed by atoms with E-state index in [0.717, 1.165) is 0 Å². The zero-order valence-corrected chi connectivity index (χ0v) is 10.7. The summed E-state index contributed by atoms with van der Waals surface area (Å²) >= 11 is 5.80. The number of amides is 1. The summed E-state index contributed by atoms with van der Waals surface area (Å²) in [5.41, 5.74) is 0.681. The predicted octanol–water partition coefficient (Wildman–Crippen LogP) is 2.02. The first-order chi connectivity index (χ1) is 8.97. The fraction of sp³-hybridized carbons (Fsp3) is 0.0833. The second-order valence-corrected chi connectivity index (χ2v) is 4.26. The van der Waals surface area contributed by atoms with Crippen LogP contribution < -0.4 is 5.32 Å². The topological polar surface area (TPSA) is 84.2 Å². The number of carbonyl (C=O) groups excluding carboxylic acids is 1. The molecule has 0 saturated carbocycles. The number of hydrogen-bond donors (Lipinski definition) is 2. The van der Waals surface area contributed by atoms with Gasteiger partial charge in [-0.05, 0) is 24.3 Å². The molecule has 0 unspecified atom stereocenters. The number of carboxylic acid groups (broad SMARTS) is 1. The molecule has 0 spiro atoms. The van der Waals surface area contributed by atoms with Crippen molar-refractivity contribution in [3.05, 3.63) is 46.7 Å². The van der Waals surface area contributed by atoms with Gasteiger partial charge in [0, 0.05) is 24.0 Å². The first-order valence-electron chi connectivity index (χ1n) is 5.30. The molecule has 19 heavy (non-hydrogen) atoms. The van der Waals surface area contributed by atoms with Crippen LogP contribution in [-0.2, 0) is 7.05 Å². The number of nitrogens with one attached hydrogen (secondary N) is 1. The maximum Gasteiger partial charge on any atom is 0.335 e.